The van der Waals surface area contributed by atoms with Crippen molar-refractivity contribution in [1.82, 2.24) is 10.3 Å². The van der Waals surface area contributed by atoms with Crippen molar-refractivity contribution < 1.29 is 13.6 Å². The molecule has 2 aromatic carbocycles. The molecule has 6 heteroatoms. The molecule has 1 amide bonds. The van der Waals surface area contributed by atoms with E-state index in [1.165, 1.54) is 18.4 Å². The predicted molar refractivity (Wildman–Crippen MR) is 91.4 cm³/mol. The highest BCUT2D eigenvalue weighted by Crippen LogP contribution is 2.18. The number of nitrogens with one attached hydrogen (secondary N) is 1. The van der Waals surface area contributed by atoms with E-state index in [0.29, 0.717) is 13.0 Å². The molecule has 0 saturated heterocycles. The molecule has 1 heterocycles. The number of hydrogen-bond acceptors (Lipinski definition) is 4. The fraction of sp³-hybridized carbons (Fsp3) is 0.158. The molecule has 25 heavy (non-hydrogen) atoms. The van der Waals surface area contributed by atoms with Crippen LogP contribution in [0.2, 0.25) is 0 Å². The van der Waals surface area contributed by atoms with Crippen LogP contribution in [0.1, 0.15) is 33.5 Å². The highest BCUT2D eigenvalue weighted by Gasteiger charge is 2.18. The van der Waals surface area contributed by atoms with E-state index in [9.17, 15) is 9.18 Å². The van der Waals surface area contributed by atoms with E-state index < -0.39 is 6.04 Å². The lowest BCUT2D eigenvalue weighted by molar-refractivity contribution is 0.0949. The summed E-state index contributed by atoms with van der Waals surface area (Å²) < 4.78 is 18.2. The van der Waals surface area contributed by atoms with Crippen molar-refractivity contribution in [2.75, 3.05) is 6.54 Å². The van der Waals surface area contributed by atoms with E-state index in [4.69, 9.17) is 10.2 Å². The van der Waals surface area contributed by atoms with Gasteiger partial charge >= 0.3 is 0 Å². The lowest BCUT2D eigenvalue weighted by Gasteiger charge is -2.06. The second-order valence-electron chi connectivity index (χ2n) is 5.59. The first-order valence-electron chi connectivity index (χ1n) is 7.92. The molecule has 0 aliphatic heterocycles. The fourth-order valence-electron chi connectivity index (χ4n) is 2.40. The van der Waals surface area contributed by atoms with Crippen molar-refractivity contribution in [3.63, 3.8) is 0 Å². The number of amides is 1. The van der Waals surface area contributed by atoms with Crippen LogP contribution in [0.5, 0.6) is 0 Å². The molecule has 5 nitrogen and oxygen atoms in total. The zero-order chi connectivity index (χ0) is 17.6. The number of nitrogens with zero attached hydrogens (tertiary/aromatic N) is 1. The van der Waals surface area contributed by atoms with Crippen LogP contribution in [0.4, 0.5) is 4.39 Å². The van der Waals surface area contributed by atoms with Gasteiger partial charge in [0.15, 0.2) is 5.69 Å². The summed E-state index contributed by atoms with van der Waals surface area (Å²) >= 11 is 0. The van der Waals surface area contributed by atoms with Crippen LogP contribution in [0.15, 0.2) is 65.3 Å². The maximum atomic E-state index is 12.8. The molecular formula is C19H18FN3O2. The van der Waals surface area contributed by atoms with E-state index in [0.717, 1.165) is 11.1 Å². The first-order valence-corrected chi connectivity index (χ1v) is 7.92. The highest BCUT2D eigenvalue weighted by molar-refractivity contribution is 5.91. The van der Waals surface area contributed by atoms with Gasteiger partial charge in [-0.3, -0.25) is 4.79 Å². The Balaban J connectivity index is 1.56. The van der Waals surface area contributed by atoms with E-state index in [1.807, 2.05) is 30.3 Å². The van der Waals surface area contributed by atoms with Gasteiger partial charge < -0.3 is 15.5 Å². The Morgan fingerprint density at radius 2 is 1.88 bits per heavy atom. The van der Waals surface area contributed by atoms with Crippen LogP contribution < -0.4 is 11.1 Å². The second kappa shape index (κ2) is 7.72. The number of rotatable bonds is 6. The van der Waals surface area contributed by atoms with Gasteiger partial charge in [-0.1, -0.05) is 42.5 Å². The summed E-state index contributed by atoms with van der Waals surface area (Å²) in [6.07, 6.45) is 1.89. The molecule has 1 aromatic heterocycles. The normalized spacial score (nSPS) is 11.9. The molecular weight excluding hydrogens is 321 g/mol. The number of nitrogens with two attached hydrogens (primary N) is 1. The molecule has 1 unspecified atom stereocenters. The Hall–Kier alpha value is -2.99. The van der Waals surface area contributed by atoms with Gasteiger partial charge in [0, 0.05) is 6.54 Å². The van der Waals surface area contributed by atoms with E-state index >= 15 is 0 Å². The van der Waals surface area contributed by atoms with Crippen LogP contribution in [0.3, 0.4) is 0 Å². The zero-order valence-corrected chi connectivity index (χ0v) is 13.5. The molecule has 3 rings (SSSR count). The Labute approximate surface area is 144 Å². The van der Waals surface area contributed by atoms with Crippen LogP contribution >= 0.6 is 0 Å². The Morgan fingerprint density at radius 1 is 1.16 bits per heavy atom. The van der Waals surface area contributed by atoms with Crippen molar-refractivity contribution in [2.45, 2.75) is 12.5 Å². The number of carbonyl (C=O) groups is 1. The monoisotopic (exact) mass is 339 g/mol. The molecule has 1 atom stereocenters. The number of carbonyl (C=O) groups excluding carboxylic acids is 1. The Kier molecular flexibility index (Phi) is 5.20. The predicted octanol–water partition coefficient (Wildman–Crippen LogP) is 2.83. The first kappa shape index (κ1) is 16.9. The standard InChI is InChI=1S/C19H18FN3O2/c20-15-8-6-13(7-9-15)10-11-22-18(24)16-12-25-19(23-16)17(21)14-4-2-1-3-5-14/h1-9,12,17H,10-11,21H2,(H,22,24). The van der Waals surface area contributed by atoms with Gasteiger partial charge in [0.1, 0.15) is 18.1 Å². The number of benzene rings is 2. The first-order chi connectivity index (χ1) is 12.1. The summed E-state index contributed by atoms with van der Waals surface area (Å²) in [6.45, 7) is 0.414. The fourth-order valence-corrected chi connectivity index (χ4v) is 2.40. The summed E-state index contributed by atoms with van der Waals surface area (Å²) in [5.74, 6) is -0.329. The molecule has 0 bridgehead atoms. The largest absolute Gasteiger partial charge is 0.446 e. The molecule has 3 aromatic rings. The lowest BCUT2D eigenvalue weighted by atomic mass is 10.1. The summed E-state index contributed by atoms with van der Waals surface area (Å²) in [6, 6.07) is 15.0. The summed E-state index contributed by atoms with van der Waals surface area (Å²) in [7, 11) is 0. The minimum absolute atomic E-state index is 0.181. The molecule has 0 radical (unpaired) electrons. The smallest absolute Gasteiger partial charge is 0.273 e. The van der Waals surface area contributed by atoms with Crippen molar-refractivity contribution in [3.8, 4) is 0 Å². The molecule has 128 valence electrons. The molecule has 0 aliphatic rings. The third-order valence-corrected chi connectivity index (χ3v) is 3.79. The van der Waals surface area contributed by atoms with Crippen LogP contribution in [0.25, 0.3) is 0 Å². The van der Waals surface area contributed by atoms with E-state index in [1.54, 1.807) is 12.1 Å². The minimum Gasteiger partial charge on any atom is -0.446 e. The van der Waals surface area contributed by atoms with Gasteiger partial charge in [-0.15, -0.1) is 0 Å². The Morgan fingerprint density at radius 3 is 2.60 bits per heavy atom. The van der Waals surface area contributed by atoms with Gasteiger partial charge in [-0.2, -0.15) is 0 Å². The molecule has 0 aliphatic carbocycles. The number of halogens is 1. The molecule has 3 N–H and O–H groups in total. The van der Waals surface area contributed by atoms with Gasteiger partial charge in [-0.25, -0.2) is 9.37 Å². The average Bonchev–Trinajstić information content (AvgIpc) is 3.13. The topological polar surface area (TPSA) is 81.1 Å². The number of aromatic nitrogens is 1. The number of oxazole rings is 1. The van der Waals surface area contributed by atoms with Crippen molar-refractivity contribution in [1.29, 1.82) is 0 Å². The summed E-state index contributed by atoms with van der Waals surface area (Å²) in [5.41, 5.74) is 8.07. The van der Waals surface area contributed by atoms with E-state index in [2.05, 4.69) is 10.3 Å². The summed E-state index contributed by atoms with van der Waals surface area (Å²) in [5, 5.41) is 2.76. The van der Waals surface area contributed by atoms with Crippen LogP contribution in [-0.4, -0.2) is 17.4 Å². The van der Waals surface area contributed by atoms with Gasteiger partial charge in [0.05, 0.1) is 0 Å². The van der Waals surface area contributed by atoms with Crippen molar-refractivity contribution >= 4 is 5.91 Å². The number of hydrogen-bond donors (Lipinski definition) is 2. The van der Waals surface area contributed by atoms with Crippen LogP contribution in [0, 0.1) is 5.82 Å². The molecule has 0 fully saturated rings. The minimum atomic E-state index is -0.526. The Bertz CT molecular complexity index is 831. The summed E-state index contributed by atoms with van der Waals surface area (Å²) in [4.78, 5) is 16.3. The molecule has 0 saturated carbocycles. The third-order valence-electron chi connectivity index (χ3n) is 3.79. The quantitative estimate of drug-likeness (QED) is 0.723. The maximum absolute atomic E-state index is 12.8. The van der Waals surface area contributed by atoms with Crippen LogP contribution in [-0.2, 0) is 6.42 Å². The van der Waals surface area contributed by atoms with Crippen molar-refractivity contribution in [2.24, 2.45) is 5.73 Å². The van der Waals surface area contributed by atoms with Gasteiger partial charge in [0.2, 0.25) is 5.89 Å². The second-order valence-corrected chi connectivity index (χ2v) is 5.59. The van der Waals surface area contributed by atoms with E-state index in [-0.39, 0.29) is 23.3 Å². The zero-order valence-electron chi connectivity index (χ0n) is 13.5. The SMILES string of the molecule is NC(c1ccccc1)c1nc(C(=O)NCCc2ccc(F)cc2)co1. The lowest BCUT2D eigenvalue weighted by Crippen LogP contribution is -2.26. The van der Waals surface area contributed by atoms with Gasteiger partial charge in [0.25, 0.3) is 5.91 Å². The van der Waals surface area contributed by atoms with Gasteiger partial charge in [-0.05, 0) is 29.7 Å². The average molecular weight is 339 g/mol. The highest BCUT2D eigenvalue weighted by atomic mass is 19.1. The molecule has 0 spiro atoms. The maximum Gasteiger partial charge on any atom is 0.273 e. The van der Waals surface area contributed by atoms with Crippen molar-refractivity contribution in [3.05, 3.63) is 89.4 Å². The third kappa shape index (κ3) is 4.30.